The summed E-state index contributed by atoms with van der Waals surface area (Å²) in [6.07, 6.45) is 0. The maximum atomic E-state index is 4.59. The highest BCUT2D eigenvalue weighted by molar-refractivity contribution is 7.62. The normalized spacial score (nSPS) is 8.67. The number of hydrogen-bond acceptors (Lipinski definition) is 4. The highest BCUT2D eigenvalue weighted by Gasteiger charge is 1.64. The lowest BCUT2D eigenvalue weighted by atomic mass is 11.6. The fourth-order valence-electron chi connectivity index (χ4n) is 0.163. The van der Waals surface area contributed by atoms with Crippen LogP contribution in [0.2, 0.25) is 0 Å². The van der Waals surface area contributed by atoms with E-state index in [0.29, 0.717) is 4.34 Å². The van der Waals surface area contributed by atoms with Crippen molar-refractivity contribution in [3.05, 3.63) is 5.51 Å². The molecule has 0 bridgehead atoms. The zero-order valence-electron chi connectivity index (χ0n) is 2.79. The average Bonchev–Trinajstić information content (AvgIpc) is 1.86. The smallest absolute Gasteiger partial charge is 0.0101 e. The van der Waals surface area contributed by atoms with E-state index in [4.69, 9.17) is 0 Å². The predicted octanol–water partition coefficient (Wildman–Crippen LogP) is 0.444. The largest absolute Gasteiger partial charge is 0.406 e. The second-order valence-corrected chi connectivity index (χ2v) is 2.18. The molecule has 1 aromatic heterocycles. The zero-order valence-corrected chi connectivity index (χ0v) is 4.42. The molecule has 0 radical (unpaired) electrons. The Kier molecular flexibility index (Phi) is 0.979. The van der Waals surface area contributed by atoms with E-state index in [1.165, 1.54) is 11.3 Å². The molecule has 0 unspecified atom stereocenters. The first kappa shape index (κ1) is 3.95. The van der Waals surface area contributed by atoms with Gasteiger partial charge in [-0.1, -0.05) is 0 Å². The van der Waals surface area contributed by atoms with Gasteiger partial charge in [-0.25, -0.2) is 0 Å². The first-order chi connectivity index (χ1) is 2.89. The average molecular weight is 117 g/mol. The summed E-state index contributed by atoms with van der Waals surface area (Å²) < 4.78 is 0.606. The predicted molar refractivity (Wildman–Crippen MR) is 25.5 cm³/mol. The molecule has 0 fully saturated rings. The van der Waals surface area contributed by atoms with Crippen LogP contribution >= 0.6 is 11.3 Å². The molecule has 0 aliphatic rings. The van der Waals surface area contributed by atoms with E-state index in [0.717, 1.165) is 0 Å². The van der Waals surface area contributed by atoms with Crippen LogP contribution in [0, 0.1) is 0 Å². The van der Waals surface area contributed by atoms with Crippen LogP contribution in [0.5, 0.6) is 0 Å². The van der Waals surface area contributed by atoms with Gasteiger partial charge in [0.2, 0.25) is 0 Å². The van der Waals surface area contributed by atoms with Crippen LogP contribution < -0.4 is 0 Å². The number of rotatable bonds is 0. The van der Waals surface area contributed by atoms with Crippen LogP contribution in [0.15, 0.2) is 9.85 Å². The Morgan fingerprint density at radius 1 is 1.83 bits per heavy atom. The fraction of sp³-hybridized carbons (Fsp3) is 0. The van der Waals surface area contributed by atoms with E-state index in [-0.39, 0.29) is 0 Å². The fourth-order valence-corrected chi connectivity index (χ4v) is 0.618. The first-order valence-electron chi connectivity index (χ1n) is 1.33. The minimum atomic E-state index is 0.606. The van der Waals surface area contributed by atoms with Crippen molar-refractivity contribution in [2.45, 2.75) is 4.34 Å². The quantitative estimate of drug-likeness (QED) is 0.461. The molecule has 1 heterocycles. The lowest BCUT2D eigenvalue weighted by Crippen LogP contribution is -1.63. The van der Waals surface area contributed by atoms with Gasteiger partial charge < -0.3 is 24.0 Å². The number of hydrogen-bond donors (Lipinski definition) is 0. The van der Waals surface area contributed by atoms with Crippen LogP contribution in [-0.4, -0.2) is 10.2 Å². The molecule has 4 heteroatoms. The highest BCUT2D eigenvalue weighted by Crippen LogP contribution is 1.95. The minimum absolute atomic E-state index is 0.606. The third-order valence-corrected chi connectivity index (χ3v) is 1.19. The Labute approximate surface area is 44.6 Å². The van der Waals surface area contributed by atoms with Crippen LogP contribution in [0.3, 0.4) is 0 Å². The molecule has 6 heavy (non-hydrogen) atoms. The Balaban J connectivity index is 3.05. The summed E-state index contributed by atoms with van der Waals surface area (Å²) in [7, 11) is 0. The standard InChI is InChI=1S/C2H2N2S2/c5-2-4-3-1-6-2/h1H,(H,4,5)/p-1. The molecule has 0 atom stereocenters. The summed E-state index contributed by atoms with van der Waals surface area (Å²) in [5.41, 5.74) is 1.61. The summed E-state index contributed by atoms with van der Waals surface area (Å²) >= 11 is 5.96. The van der Waals surface area contributed by atoms with Crippen molar-refractivity contribution in [3.63, 3.8) is 0 Å². The van der Waals surface area contributed by atoms with E-state index < -0.39 is 0 Å². The summed E-state index contributed by atoms with van der Waals surface area (Å²) in [6, 6.07) is 0. The summed E-state index contributed by atoms with van der Waals surface area (Å²) in [5, 5.41) is 6.99. The van der Waals surface area contributed by atoms with Crippen molar-refractivity contribution < 1.29 is 0 Å². The van der Waals surface area contributed by atoms with E-state index in [1.807, 2.05) is 0 Å². The molecule has 0 saturated heterocycles. The minimum Gasteiger partial charge on any atom is -0.406 e. The van der Waals surface area contributed by atoms with Crippen LogP contribution in [-0.2, 0) is 12.6 Å². The van der Waals surface area contributed by atoms with E-state index in [1.54, 1.807) is 5.51 Å². The van der Waals surface area contributed by atoms with Crippen LogP contribution in [0.4, 0.5) is 0 Å². The molecule has 0 amide bonds. The summed E-state index contributed by atoms with van der Waals surface area (Å²) in [6.45, 7) is 0. The van der Waals surface area contributed by atoms with E-state index in [9.17, 15) is 0 Å². The van der Waals surface area contributed by atoms with Crippen LogP contribution in [0.1, 0.15) is 0 Å². The Morgan fingerprint density at radius 2 is 2.67 bits per heavy atom. The van der Waals surface area contributed by atoms with E-state index >= 15 is 0 Å². The molecular formula is C2HN2S2-. The van der Waals surface area contributed by atoms with Gasteiger partial charge in [0.15, 0.2) is 0 Å². The van der Waals surface area contributed by atoms with Gasteiger partial charge in [-0.05, 0) is 4.34 Å². The molecule has 0 aliphatic carbocycles. The van der Waals surface area contributed by atoms with Gasteiger partial charge in [-0.15, -0.1) is 0 Å². The van der Waals surface area contributed by atoms with Crippen molar-refractivity contribution in [2.75, 3.05) is 0 Å². The lowest BCUT2D eigenvalue weighted by Gasteiger charge is -1.78. The first-order valence-corrected chi connectivity index (χ1v) is 2.61. The molecule has 0 spiro atoms. The lowest BCUT2D eigenvalue weighted by molar-refractivity contribution is 1.01. The second kappa shape index (κ2) is 1.49. The summed E-state index contributed by atoms with van der Waals surface area (Å²) in [4.78, 5) is 0. The molecule has 1 aromatic rings. The van der Waals surface area contributed by atoms with Crippen LogP contribution in [0.25, 0.3) is 0 Å². The Morgan fingerprint density at radius 3 is 2.83 bits per heavy atom. The van der Waals surface area contributed by atoms with Crippen molar-refractivity contribution in [3.8, 4) is 0 Å². The monoisotopic (exact) mass is 117 g/mol. The number of nitrogens with zero attached hydrogens (tertiary/aromatic N) is 2. The summed E-state index contributed by atoms with van der Waals surface area (Å²) in [5.74, 6) is 0. The Bertz CT molecular complexity index is 113. The topological polar surface area (TPSA) is 25.8 Å². The maximum absolute atomic E-state index is 4.59. The third kappa shape index (κ3) is 0.636. The van der Waals surface area contributed by atoms with Gasteiger partial charge in [0, 0.05) is 5.51 Å². The molecule has 0 aromatic carbocycles. The van der Waals surface area contributed by atoms with E-state index in [2.05, 4.69) is 22.8 Å². The molecule has 1 rings (SSSR count). The van der Waals surface area contributed by atoms with Gasteiger partial charge in [0.25, 0.3) is 0 Å². The third-order valence-electron chi connectivity index (χ3n) is 0.340. The maximum Gasteiger partial charge on any atom is 0.0101 e. The van der Waals surface area contributed by atoms with Gasteiger partial charge >= 0.3 is 0 Å². The molecule has 0 aliphatic heterocycles. The molecule has 2 nitrogen and oxygen atoms in total. The zero-order chi connectivity index (χ0) is 4.41. The molecule has 0 saturated carbocycles. The second-order valence-electron chi connectivity index (χ2n) is 0.705. The molecule has 32 valence electrons. The molecular weight excluding hydrogens is 116 g/mol. The molecule has 0 N–H and O–H groups in total. The van der Waals surface area contributed by atoms with Crippen molar-refractivity contribution >= 4 is 24.0 Å². The number of aromatic nitrogens is 2. The van der Waals surface area contributed by atoms with Crippen molar-refractivity contribution in [1.82, 2.24) is 10.2 Å². The van der Waals surface area contributed by atoms with Gasteiger partial charge in [-0.2, -0.15) is 10.2 Å². The van der Waals surface area contributed by atoms with Gasteiger partial charge in [0.05, 0.1) is 0 Å². The Hall–Kier alpha value is -0.220. The SMILES string of the molecule is [S-]c1nncs1. The van der Waals surface area contributed by atoms with Gasteiger partial charge in [-0.3, -0.25) is 0 Å². The van der Waals surface area contributed by atoms with Crippen molar-refractivity contribution in [2.24, 2.45) is 0 Å². The highest BCUT2D eigenvalue weighted by atomic mass is 32.2. The van der Waals surface area contributed by atoms with Gasteiger partial charge in [0.1, 0.15) is 0 Å². The van der Waals surface area contributed by atoms with Crippen molar-refractivity contribution in [1.29, 1.82) is 0 Å².